The molecule has 1 aliphatic rings. The van der Waals surface area contributed by atoms with Crippen LogP contribution in [0.2, 0.25) is 0 Å². The summed E-state index contributed by atoms with van der Waals surface area (Å²) in [5.74, 6) is 0.828. The molecule has 1 fully saturated rings. The van der Waals surface area contributed by atoms with Crippen LogP contribution in [0.4, 0.5) is 0 Å². The summed E-state index contributed by atoms with van der Waals surface area (Å²) in [5.41, 5.74) is 5.23. The average Bonchev–Trinajstić information content (AvgIpc) is 2.91. The summed E-state index contributed by atoms with van der Waals surface area (Å²) >= 11 is 0. The first-order chi connectivity index (χ1) is 11.0. The van der Waals surface area contributed by atoms with E-state index in [0.29, 0.717) is 6.54 Å². The highest BCUT2D eigenvalue weighted by Gasteiger charge is 2.29. The zero-order valence-corrected chi connectivity index (χ0v) is 14.1. The molecule has 0 aromatic carbocycles. The number of carbonyl (C=O) groups is 2. The zero-order chi connectivity index (χ0) is 16.8. The molecule has 0 unspecified atom stereocenters. The Morgan fingerprint density at radius 2 is 2.09 bits per heavy atom. The van der Waals surface area contributed by atoms with E-state index in [0.717, 1.165) is 44.7 Å². The van der Waals surface area contributed by atoms with Gasteiger partial charge in [0.2, 0.25) is 11.8 Å². The predicted octanol–water partition coefficient (Wildman–Crippen LogP) is 0.356. The Morgan fingerprint density at radius 1 is 1.39 bits per heavy atom. The first kappa shape index (κ1) is 17.5. The number of imidazole rings is 1. The number of likely N-dealkylation sites (tertiary alicyclic amines) is 1. The number of nitrogens with two attached hydrogens (primary N) is 1. The number of piperidine rings is 1. The fourth-order valence-corrected chi connectivity index (χ4v) is 3.07. The third kappa shape index (κ3) is 4.79. The van der Waals surface area contributed by atoms with Gasteiger partial charge in [-0.15, -0.1) is 0 Å². The third-order valence-electron chi connectivity index (χ3n) is 4.37. The Kier molecular flexibility index (Phi) is 6.15. The molecule has 1 aromatic rings. The van der Waals surface area contributed by atoms with E-state index in [4.69, 9.17) is 5.73 Å². The van der Waals surface area contributed by atoms with Crippen LogP contribution in [0.25, 0.3) is 0 Å². The Morgan fingerprint density at radius 3 is 2.61 bits per heavy atom. The highest BCUT2D eigenvalue weighted by atomic mass is 16.2. The molecular formula is C16H27N5O2. The van der Waals surface area contributed by atoms with Gasteiger partial charge in [0, 0.05) is 31.9 Å². The van der Waals surface area contributed by atoms with E-state index >= 15 is 0 Å². The van der Waals surface area contributed by atoms with E-state index in [-0.39, 0.29) is 24.3 Å². The SMILES string of the molecule is CCCN(Cc1nccn1C)C(=O)C1CCN(CC(N)=O)CC1. The molecule has 0 bridgehead atoms. The summed E-state index contributed by atoms with van der Waals surface area (Å²) in [6, 6.07) is 0. The maximum Gasteiger partial charge on any atom is 0.231 e. The van der Waals surface area contributed by atoms with Crippen LogP contribution in [0.15, 0.2) is 12.4 Å². The highest BCUT2D eigenvalue weighted by molar-refractivity contribution is 5.79. The van der Waals surface area contributed by atoms with Crippen molar-refractivity contribution in [2.24, 2.45) is 18.7 Å². The summed E-state index contributed by atoms with van der Waals surface area (Å²) in [5, 5.41) is 0. The summed E-state index contributed by atoms with van der Waals surface area (Å²) < 4.78 is 1.95. The van der Waals surface area contributed by atoms with Crippen LogP contribution in [0.5, 0.6) is 0 Å². The van der Waals surface area contributed by atoms with Gasteiger partial charge < -0.3 is 15.2 Å². The van der Waals surface area contributed by atoms with Gasteiger partial charge in [-0.05, 0) is 32.4 Å². The fourth-order valence-electron chi connectivity index (χ4n) is 3.07. The number of nitrogens with zero attached hydrogens (tertiary/aromatic N) is 4. The first-order valence-electron chi connectivity index (χ1n) is 8.27. The van der Waals surface area contributed by atoms with Crippen LogP contribution in [0.3, 0.4) is 0 Å². The van der Waals surface area contributed by atoms with Crippen molar-refractivity contribution in [1.29, 1.82) is 0 Å². The van der Waals surface area contributed by atoms with Gasteiger partial charge in [-0.1, -0.05) is 6.92 Å². The van der Waals surface area contributed by atoms with Crippen LogP contribution in [-0.2, 0) is 23.2 Å². The minimum Gasteiger partial charge on any atom is -0.369 e. The quantitative estimate of drug-likeness (QED) is 0.785. The van der Waals surface area contributed by atoms with Crippen molar-refractivity contribution in [3.05, 3.63) is 18.2 Å². The molecule has 0 spiro atoms. The van der Waals surface area contributed by atoms with Crippen molar-refractivity contribution >= 4 is 11.8 Å². The second-order valence-corrected chi connectivity index (χ2v) is 6.23. The van der Waals surface area contributed by atoms with Crippen LogP contribution < -0.4 is 5.73 Å². The third-order valence-corrected chi connectivity index (χ3v) is 4.37. The predicted molar refractivity (Wildman–Crippen MR) is 87.3 cm³/mol. The standard InChI is InChI=1S/C16H27N5O2/c1-3-7-21(12-15-18-6-10-19(15)2)16(23)13-4-8-20(9-5-13)11-14(17)22/h6,10,13H,3-5,7-9,11-12H2,1-2H3,(H2,17,22). The molecular weight excluding hydrogens is 294 g/mol. The van der Waals surface area contributed by atoms with Gasteiger partial charge in [-0.3, -0.25) is 14.5 Å². The molecule has 23 heavy (non-hydrogen) atoms. The molecule has 1 saturated heterocycles. The lowest BCUT2D eigenvalue weighted by molar-refractivity contribution is -0.138. The van der Waals surface area contributed by atoms with Crippen LogP contribution in [0.1, 0.15) is 32.0 Å². The maximum absolute atomic E-state index is 12.8. The fraction of sp³-hybridized carbons (Fsp3) is 0.688. The second-order valence-electron chi connectivity index (χ2n) is 6.23. The minimum atomic E-state index is -0.308. The normalized spacial score (nSPS) is 16.4. The lowest BCUT2D eigenvalue weighted by Crippen LogP contribution is -2.44. The molecule has 1 aromatic heterocycles. The average molecular weight is 321 g/mol. The summed E-state index contributed by atoms with van der Waals surface area (Å²) in [6.45, 7) is 5.16. The van der Waals surface area contributed by atoms with E-state index in [2.05, 4.69) is 11.9 Å². The van der Waals surface area contributed by atoms with Crippen LogP contribution in [-0.4, -0.2) is 57.3 Å². The topological polar surface area (TPSA) is 84.5 Å². The largest absolute Gasteiger partial charge is 0.369 e. The smallest absolute Gasteiger partial charge is 0.231 e. The number of aromatic nitrogens is 2. The minimum absolute atomic E-state index is 0.0333. The molecule has 0 radical (unpaired) electrons. The number of carbonyl (C=O) groups excluding carboxylic acids is 2. The van der Waals surface area contributed by atoms with Gasteiger partial charge in [0.25, 0.3) is 0 Å². The van der Waals surface area contributed by atoms with E-state index in [1.807, 2.05) is 27.6 Å². The van der Waals surface area contributed by atoms with E-state index in [1.54, 1.807) is 6.20 Å². The van der Waals surface area contributed by atoms with Gasteiger partial charge in [0.15, 0.2) is 0 Å². The van der Waals surface area contributed by atoms with Crippen molar-refractivity contribution in [3.8, 4) is 0 Å². The van der Waals surface area contributed by atoms with Gasteiger partial charge in [0.05, 0.1) is 13.1 Å². The summed E-state index contributed by atoms with van der Waals surface area (Å²) in [6.07, 6.45) is 6.15. The number of hydrogen-bond donors (Lipinski definition) is 1. The second kappa shape index (κ2) is 8.10. The number of rotatable bonds is 7. The summed E-state index contributed by atoms with van der Waals surface area (Å²) in [7, 11) is 1.94. The molecule has 128 valence electrons. The van der Waals surface area contributed by atoms with Gasteiger partial charge in [-0.25, -0.2) is 4.98 Å². The van der Waals surface area contributed by atoms with Gasteiger partial charge >= 0.3 is 0 Å². The van der Waals surface area contributed by atoms with Crippen molar-refractivity contribution < 1.29 is 9.59 Å². The van der Waals surface area contributed by atoms with Gasteiger partial charge in [-0.2, -0.15) is 0 Å². The Bertz CT molecular complexity index is 534. The van der Waals surface area contributed by atoms with Crippen molar-refractivity contribution in [3.63, 3.8) is 0 Å². The van der Waals surface area contributed by atoms with Crippen LogP contribution in [0, 0.1) is 5.92 Å². The Balaban J connectivity index is 1.93. The molecule has 2 heterocycles. The molecule has 0 atom stereocenters. The molecule has 2 amide bonds. The number of aryl methyl sites for hydroxylation is 1. The molecule has 0 saturated carbocycles. The van der Waals surface area contributed by atoms with E-state index in [9.17, 15) is 9.59 Å². The van der Waals surface area contributed by atoms with E-state index in [1.165, 1.54) is 0 Å². The number of amides is 2. The molecule has 7 nitrogen and oxygen atoms in total. The van der Waals surface area contributed by atoms with Gasteiger partial charge in [0.1, 0.15) is 5.82 Å². The van der Waals surface area contributed by atoms with Crippen molar-refractivity contribution in [2.45, 2.75) is 32.7 Å². The molecule has 0 aliphatic carbocycles. The van der Waals surface area contributed by atoms with E-state index < -0.39 is 0 Å². The Labute approximate surface area is 137 Å². The number of hydrogen-bond acceptors (Lipinski definition) is 4. The summed E-state index contributed by atoms with van der Waals surface area (Å²) in [4.78, 5) is 32.1. The molecule has 2 N–H and O–H groups in total. The van der Waals surface area contributed by atoms with Crippen molar-refractivity contribution in [1.82, 2.24) is 19.4 Å². The lowest BCUT2D eigenvalue weighted by Gasteiger charge is -2.33. The molecule has 7 heteroatoms. The van der Waals surface area contributed by atoms with Crippen LogP contribution >= 0.6 is 0 Å². The lowest BCUT2D eigenvalue weighted by atomic mass is 9.95. The molecule has 2 rings (SSSR count). The van der Waals surface area contributed by atoms with Crippen molar-refractivity contribution in [2.75, 3.05) is 26.2 Å². The zero-order valence-electron chi connectivity index (χ0n) is 14.1. The highest BCUT2D eigenvalue weighted by Crippen LogP contribution is 2.20. The first-order valence-corrected chi connectivity index (χ1v) is 8.27. The monoisotopic (exact) mass is 321 g/mol. The maximum atomic E-state index is 12.8. The molecule has 1 aliphatic heterocycles. The Hall–Kier alpha value is -1.89. The number of primary amides is 1.